The summed E-state index contributed by atoms with van der Waals surface area (Å²) in [6, 6.07) is 80.4. The number of nitrogens with zero attached hydrogens (tertiary/aromatic N) is 5. The van der Waals surface area contributed by atoms with Crippen LogP contribution in [-0.4, -0.2) is 24.1 Å². The maximum atomic E-state index is 6.96. The van der Waals surface area contributed by atoms with Crippen molar-refractivity contribution in [1.82, 2.24) is 24.1 Å². The fourth-order valence-corrected chi connectivity index (χ4v) is 12.4. The highest BCUT2D eigenvalue weighted by Gasteiger charge is 2.23. The van der Waals surface area contributed by atoms with E-state index in [0.717, 1.165) is 77.5 Å². The Balaban J connectivity index is 0.995. The van der Waals surface area contributed by atoms with E-state index in [1.165, 1.54) is 57.9 Å². The summed E-state index contributed by atoms with van der Waals surface area (Å²) in [7, 11) is 0. The zero-order valence-corrected chi connectivity index (χ0v) is 39.2. The van der Waals surface area contributed by atoms with Gasteiger partial charge in [-0.15, -0.1) is 11.3 Å². The van der Waals surface area contributed by atoms with Gasteiger partial charge >= 0.3 is 0 Å². The highest BCUT2D eigenvalue weighted by Crippen LogP contribution is 2.44. The molecule has 0 N–H and O–H groups in total. The summed E-state index contributed by atoms with van der Waals surface area (Å²) >= 11 is 1.81. The summed E-state index contributed by atoms with van der Waals surface area (Å²) in [5.74, 6) is 1.76. The lowest BCUT2D eigenvalue weighted by molar-refractivity contribution is 0.666. The highest BCUT2D eigenvalue weighted by molar-refractivity contribution is 7.25. The molecule has 0 fully saturated rings. The lowest BCUT2D eigenvalue weighted by Crippen LogP contribution is -2.02. The molecule has 0 aliphatic rings. The van der Waals surface area contributed by atoms with Crippen LogP contribution in [0.2, 0.25) is 0 Å². The quantitative estimate of drug-likeness (QED) is 0.172. The number of thiophene rings is 1. The number of fused-ring (bicyclic) bond motifs is 14. The summed E-state index contributed by atoms with van der Waals surface area (Å²) in [6.07, 6.45) is 0. The van der Waals surface area contributed by atoms with Gasteiger partial charge in [-0.2, -0.15) is 0 Å². The van der Waals surface area contributed by atoms with Crippen molar-refractivity contribution < 1.29 is 4.42 Å². The Morgan fingerprint density at radius 2 is 0.847 bits per heavy atom. The van der Waals surface area contributed by atoms with E-state index >= 15 is 0 Å². The molecule has 0 spiro atoms. The molecule has 11 aromatic carbocycles. The third kappa shape index (κ3) is 5.86. The summed E-state index contributed by atoms with van der Waals surface area (Å²) in [4.78, 5) is 16.4. The van der Waals surface area contributed by atoms with Crippen molar-refractivity contribution in [3.8, 4) is 45.5 Å². The Morgan fingerprint density at radius 1 is 0.319 bits per heavy atom. The predicted molar refractivity (Wildman–Crippen MR) is 300 cm³/mol. The Bertz CT molecular complexity index is 4850. The van der Waals surface area contributed by atoms with E-state index in [-0.39, 0.29) is 0 Å². The van der Waals surface area contributed by atoms with Crippen LogP contribution < -0.4 is 0 Å². The SMILES string of the molecule is c1ccc(-n2c3ccccc3c3ccc(-c4nc(-c5ccc6sc7ccccc7c6c5)nc(-c5cc(-n6c7cc8ccccc8cc7c7cc8ccccc8cc76)c6oc7ccccc7c6c5)n4)cc32)cc1. The second-order valence-electron chi connectivity index (χ2n) is 18.8. The van der Waals surface area contributed by atoms with Crippen LogP contribution >= 0.6 is 11.3 Å². The number of hydrogen-bond donors (Lipinski definition) is 0. The summed E-state index contributed by atoms with van der Waals surface area (Å²) < 4.78 is 14.2. The molecule has 334 valence electrons. The molecule has 72 heavy (non-hydrogen) atoms. The molecule has 0 radical (unpaired) electrons. The van der Waals surface area contributed by atoms with E-state index < -0.39 is 0 Å². The average molecular weight is 936 g/mol. The second kappa shape index (κ2) is 15.0. The molecule has 0 aliphatic carbocycles. The van der Waals surface area contributed by atoms with Gasteiger partial charge in [0.05, 0.1) is 27.8 Å². The Hall–Kier alpha value is -9.43. The fraction of sp³-hybridized carbons (Fsp3) is 0. The number of benzene rings is 11. The smallest absolute Gasteiger partial charge is 0.164 e. The largest absolute Gasteiger partial charge is 0.454 e. The third-order valence-electron chi connectivity index (χ3n) is 14.7. The monoisotopic (exact) mass is 935 g/mol. The van der Waals surface area contributed by atoms with Gasteiger partial charge in [-0.3, -0.25) is 0 Å². The van der Waals surface area contributed by atoms with Crippen LogP contribution in [0.5, 0.6) is 0 Å². The van der Waals surface area contributed by atoms with Gasteiger partial charge in [0.15, 0.2) is 23.1 Å². The number of furan rings is 1. The van der Waals surface area contributed by atoms with Gasteiger partial charge in [-0.25, -0.2) is 15.0 Å². The molecule has 7 heteroatoms. The number of rotatable bonds is 5. The van der Waals surface area contributed by atoms with Crippen molar-refractivity contribution in [2.75, 3.05) is 0 Å². The number of hydrogen-bond acceptors (Lipinski definition) is 5. The molecular weight excluding hydrogens is 899 g/mol. The van der Waals surface area contributed by atoms with Crippen LogP contribution in [0.15, 0.2) is 229 Å². The van der Waals surface area contributed by atoms with Gasteiger partial charge in [0, 0.05) is 74.9 Å². The van der Waals surface area contributed by atoms with Gasteiger partial charge in [0.1, 0.15) is 5.58 Å². The molecule has 5 heterocycles. The molecule has 0 saturated carbocycles. The van der Waals surface area contributed by atoms with Crippen LogP contribution in [0.3, 0.4) is 0 Å². The summed E-state index contributed by atoms with van der Waals surface area (Å²) in [5.41, 5.74) is 10.7. The molecule has 0 aliphatic heterocycles. The Labute approximate surface area is 414 Å². The maximum Gasteiger partial charge on any atom is 0.164 e. The van der Waals surface area contributed by atoms with E-state index in [9.17, 15) is 0 Å². The predicted octanol–water partition coefficient (Wildman–Crippen LogP) is 17.6. The fourth-order valence-electron chi connectivity index (χ4n) is 11.3. The Kier molecular flexibility index (Phi) is 8.23. The van der Waals surface area contributed by atoms with Crippen molar-refractivity contribution in [2.45, 2.75) is 0 Å². The third-order valence-corrected chi connectivity index (χ3v) is 15.8. The Morgan fingerprint density at radius 3 is 1.58 bits per heavy atom. The van der Waals surface area contributed by atoms with Crippen LogP contribution in [-0.2, 0) is 0 Å². The van der Waals surface area contributed by atoms with E-state index in [1.54, 1.807) is 11.3 Å². The molecule has 5 aromatic heterocycles. The van der Waals surface area contributed by atoms with Crippen molar-refractivity contribution in [2.24, 2.45) is 0 Å². The van der Waals surface area contributed by atoms with E-state index in [0.29, 0.717) is 17.5 Å². The minimum atomic E-state index is 0.569. The zero-order chi connectivity index (χ0) is 47.0. The van der Waals surface area contributed by atoms with E-state index in [4.69, 9.17) is 19.4 Å². The molecule has 0 amide bonds. The standard InChI is InChI=1S/C65H37N5OS/c1-2-18-45(19-3-1)69-54-23-11-8-20-46(54)47-28-26-43(36-55(47)69)64-66-63(42-27-29-61-52(32-42)49-22-10-13-25-60(49)72-61)67-65(68-64)44-33-53-48-21-9-12-24-59(48)71-62(53)58(37-44)70-56-34-40-16-6-4-14-38(40)30-50(56)51-31-39-15-5-7-17-41(39)35-57(51)70/h1-37H. The average Bonchev–Trinajstić information content (AvgIpc) is 4.19. The van der Waals surface area contributed by atoms with E-state index in [1.807, 2.05) is 6.07 Å². The number of para-hydroxylation sites is 3. The first-order valence-electron chi connectivity index (χ1n) is 24.2. The van der Waals surface area contributed by atoms with Crippen LogP contribution in [0.25, 0.3) is 153 Å². The lowest BCUT2D eigenvalue weighted by Gasteiger charge is -2.13. The van der Waals surface area contributed by atoms with E-state index in [2.05, 4.69) is 228 Å². The lowest BCUT2D eigenvalue weighted by atomic mass is 10.0. The van der Waals surface area contributed by atoms with Crippen LogP contribution in [0, 0.1) is 0 Å². The molecule has 0 unspecified atom stereocenters. The normalized spacial score (nSPS) is 12.2. The second-order valence-corrected chi connectivity index (χ2v) is 19.9. The molecule has 16 rings (SSSR count). The van der Waals surface area contributed by atoms with Gasteiger partial charge in [-0.1, -0.05) is 133 Å². The highest BCUT2D eigenvalue weighted by atomic mass is 32.1. The zero-order valence-electron chi connectivity index (χ0n) is 38.4. The molecule has 0 saturated heterocycles. The minimum absolute atomic E-state index is 0.569. The molecule has 0 atom stereocenters. The van der Waals surface area contributed by atoms with Crippen molar-refractivity contribution in [1.29, 1.82) is 0 Å². The van der Waals surface area contributed by atoms with Gasteiger partial charge in [0.25, 0.3) is 0 Å². The molecule has 6 nitrogen and oxygen atoms in total. The molecule has 0 bridgehead atoms. The molecule has 16 aromatic rings. The topological polar surface area (TPSA) is 61.7 Å². The first-order chi connectivity index (χ1) is 35.6. The van der Waals surface area contributed by atoms with Gasteiger partial charge in [-0.05, 0) is 113 Å². The van der Waals surface area contributed by atoms with Gasteiger partial charge < -0.3 is 13.6 Å². The first kappa shape index (κ1) is 39.4. The van der Waals surface area contributed by atoms with Crippen molar-refractivity contribution >= 4 is 119 Å². The van der Waals surface area contributed by atoms with Crippen LogP contribution in [0.4, 0.5) is 0 Å². The molecular formula is C65H37N5OS. The van der Waals surface area contributed by atoms with Crippen molar-refractivity contribution in [3.63, 3.8) is 0 Å². The first-order valence-corrected chi connectivity index (χ1v) is 25.1. The number of aromatic nitrogens is 5. The van der Waals surface area contributed by atoms with Gasteiger partial charge in [0.2, 0.25) is 0 Å². The summed E-state index contributed by atoms with van der Waals surface area (Å²) in [6.45, 7) is 0. The maximum absolute atomic E-state index is 6.96. The summed E-state index contributed by atoms with van der Waals surface area (Å²) in [5, 5.41) is 13.8. The van der Waals surface area contributed by atoms with Crippen molar-refractivity contribution in [3.05, 3.63) is 224 Å². The minimum Gasteiger partial charge on any atom is -0.454 e. The van der Waals surface area contributed by atoms with Crippen LogP contribution in [0.1, 0.15) is 0 Å².